The van der Waals surface area contributed by atoms with Crippen LogP contribution in [0.15, 0.2) is 47.3 Å². The van der Waals surface area contributed by atoms with Crippen molar-refractivity contribution in [3.63, 3.8) is 0 Å². The number of carbonyl (C=O) groups is 1. The summed E-state index contributed by atoms with van der Waals surface area (Å²) < 4.78 is 2.92. The summed E-state index contributed by atoms with van der Waals surface area (Å²) in [6.45, 7) is 8.08. The van der Waals surface area contributed by atoms with Crippen LogP contribution in [0.25, 0.3) is 5.82 Å². The van der Waals surface area contributed by atoms with Crippen molar-refractivity contribution >= 4 is 23.2 Å². The number of amides is 1. The Morgan fingerprint density at radius 3 is 2.42 bits per heavy atom. The molecule has 0 aliphatic carbocycles. The highest BCUT2D eigenvalue weighted by Crippen LogP contribution is 2.21. The number of aryl methyl sites for hydroxylation is 2. The molecule has 3 heterocycles. The molecule has 9 heteroatoms. The second-order valence-electron chi connectivity index (χ2n) is 7.78. The van der Waals surface area contributed by atoms with E-state index in [1.54, 1.807) is 22.6 Å². The molecule has 8 nitrogen and oxygen atoms in total. The molecule has 1 saturated heterocycles. The third kappa shape index (κ3) is 4.34. The molecule has 1 atom stereocenters. The van der Waals surface area contributed by atoms with Crippen molar-refractivity contribution in [2.24, 2.45) is 0 Å². The topological polar surface area (TPSA) is 76.3 Å². The quantitative estimate of drug-likeness (QED) is 0.623. The summed E-state index contributed by atoms with van der Waals surface area (Å²) >= 11 is 6.10. The van der Waals surface area contributed by atoms with Crippen molar-refractivity contribution in [3.05, 3.63) is 69.2 Å². The summed E-state index contributed by atoms with van der Waals surface area (Å²) in [5.41, 5.74) is 2.50. The zero-order valence-corrected chi connectivity index (χ0v) is 18.6. The zero-order chi connectivity index (χ0) is 22.1. The Labute approximate surface area is 185 Å². The maximum absolute atomic E-state index is 13.1. The fourth-order valence-electron chi connectivity index (χ4n) is 3.89. The van der Waals surface area contributed by atoms with E-state index in [2.05, 4.69) is 15.1 Å². The molecule has 1 unspecified atom stereocenters. The van der Waals surface area contributed by atoms with Crippen LogP contribution in [0.4, 0.5) is 5.69 Å². The second kappa shape index (κ2) is 8.55. The predicted octanol–water partition coefficient (Wildman–Crippen LogP) is 2.61. The van der Waals surface area contributed by atoms with Gasteiger partial charge >= 0.3 is 0 Å². The maximum Gasteiger partial charge on any atom is 0.267 e. The van der Waals surface area contributed by atoms with Crippen molar-refractivity contribution < 1.29 is 4.79 Å². The predicted molar refractivity (Wildman–Crippen MR) is 120 cm³/mol. The van der Waals surface area contributed by atoms with E-state index in [0.717, 1.165) is 17.1 Å². The molecule has 0 radical (unpaired) electrons. The van der Waals surface area contributed by atoms with Gasteiger partial charge in [0, 0.05) is 48.6 Å². The highest BCUT2D eigenvalue weighted by Gasteiger charge is 2.27. The minimum absolute atomic E-state index is 0.120. The van der Waals surface area contributed by atoms with Gasteiger partial charge < -0.3 is 9.80 Å². The average molecular weight is 441 g/mol. The summed E-state index contributed by atoms with van der Waals surface area (Å²) in [6.07, 6.45) is 0. The van der Waals surface area contributed by atoms with Gasteiger partial charge in [-0.05, 0) is 51.1 Å². The van der Waals surface area contributed by atoms with E-state index in [4.69, 9.17) is 11.6 Å². The number of aromatic nitrogens is 4. The van der Waals surface area contributed by atoms with Gasteiger partial charge in [0.2, 0.25) is 5.91 Å². The molecule has 1 amide bonds. The number of hydrogen-bond donors (Lipinski definition) is 0. The van der Waals surface area contributed by atoms with E-state index in [1.807, 2.05) is 44.2 Å². The lowest BCUT2D eigenvalue weighted by atomic mass is 10.2. The number of rotatable bonds is 4. The summed E-state index contributed by atoms with van der Waals surface area (Å²) in [4.78, 5) is 29.6. The van der Waals surface area contributed by atoms with Crippen molar-refractivity contribution in [1.29, 1.82) is 0 Å². The first-order valence-electron chi connectivity index (χ1n) is 10.3. The Balaban J connectivity index is 1.49. The molecule has 2 aromatic heterocycles. The van der Waals surface area contributed by atoms with E-state index in [9.17, 15) is 9.59 Å². The number of anilines is 1. The number of hydrogen-bond acceptors (Lipinski definition) is 5. The molecule has 3 aromatic rings. The first-order valence-corrected chi connectivity index (χ1v) is 10.6. The molecule has 1 aliphatic rings. The molecule has 0 saturated carbocycles. The van der Waals surface area contributed by atoms with Gasteiger partial charge in [-0.15, -0.1) is 5.10 Å². The lowest BCUT2D eigenvalue weighted by molar-refractivity contribution is -0.135. The van der Waals surface area contributed by atoms with Gasteiger partial charge in [-0.2, -0.15) is 5.10 Å². The van der Waals surface area contributed by atoms with E-state index < -0.39 is 6.04 Å². The monoisotopic (exact) mass is 440 g/mol. The van der Waals surface area contributed by atoms with Crippen LogP contribution in [0.3, 0.4) is 0 Å². The highest BCUT2D eigenvalue weighted by molar-refractivity contribution is 6.30. The molecular weight excluding hydrogens is 416 g/mol. The Hall–Kier alpha value is -3.13. The molecule has 31 heavy (non-hydrogen) atoms. The normalized spacial score (nSPS) is 15.2. The minimum Gasteiger partial charge on any atom is -0.368 e. The van der Waals surface area contributed by atoms with Crippen molar-refractivity contribution in [2.45, 2.75) is 26.8 Å². The van der Waals surface area contributed by atoms with E-state index >= 15 is 0 Å². The largest absolute Gasteiger partial charge is 0.368 e. The highest BCUT2D eigenvalue weighted by atomic mass is 35.5. The van der Waals surface area contributed by atoms with Crippen molar-refractivity contribution in [1.82, 2.24) is 24.5 Å². The SMILES string of the molecule is Cc1cc(C)n(-c2ccc(=O)n(C(C)C(=O)N3CCN(c4cccc(Cl)c4)CC3)n2)n1. The molecule has 162 valence electrons. The van der Waals surface area contributed by atoms with Gasteiger partial charge in [-0.1, -0.05) is 17.7 Å². The molecule has 0 spiro atoms. The fraction of sp³-hybridized carbons (Fsp3) is 0.364. The Kier molecular flexibility index (Phi) is 5.82. The number of halogens is 1. The van der Waals surface area contributed by atoms with Gasteiger partial charge in [-0.25, -0.2) is 9.36 Å². The van der Waals surface area contributed by atoms with Crippen molar-refractivity contribution in [2.75, 3.05) is 31.1 Å². The van der Waals surface area contributed by atoms with Crippen LogP contribution in [0.1, 0.15) is 24.4 Å². The summed E-state index contributed by atoms with van der Waals surface area (Å²) in [6, 6.07) is 12.0. The van der Waals surface area contributed by atoms with Crippen molar-refractivity contribution in [3.8, 4) is 5.82 Å². The molecule has 0 N–H and O–H groups in total. The van der Waals surface area contributed by atoms with E-state index in [0.29, 0.717) is 37.0 Å². The minimum atomic E-state index is -0.706. The fourth-order valence-corrected chi connectivity index (χ4v) is 4.08. The molecule has 0 bridgehead atoms. The molecule has 1 aromatic carbocycles. The van der Waals surface area contributed by atoms with Crippen LogP contribution in [-0.4, -0.2) is 56.5 Å². The van der Waals surface area contributed by atoms with Gasteiger partial charge in [-0.3, -0.25) is 9.59 Å². The number of benzene rings is 1. The number of piperazine rings is 1. The molecule has 1 aliphatic heterocycles. The molecule has 4 rings (SSSR count). The lowest BCUT2D eigenvalue weighted by Crippen LogP contribution is -2.51. The van der Waals surface area contributed by atoms with Crippen LogP contribution in [0.5, 0.6) is 0 Å². The van der Waals surface area contributed by atoms with E-state index in [-0.39, 0.29) is 11.5 Å². The van der Waals surface area contributed by atoms with E-state index in [1.165, 1.54) is 10.7 Å². The Bertz CT molecular complexity index is 1160. The standard InChI is InChI=1S/C22H25ClN6O2/c1-15-13-16(2)28(24-15)20-7-8-21(30)29(25-20)17(3)22(31)27-11-9-26(10-12-27)19-6-4-5-18(23)14-19/h4-8,13-14,17H,9-12H2,1-3H3. The molecular formula is C22H25ClN6O2. The maximum atomic E-state index is 13.1. The Morgan fingerprint density at radius 2 is 1.77 bits per heavy atom. The second-order valence-corrected chi connectivity index (χ2v) is 8.22. The average Bonchev–Trinajstić information content (AvgIpc) is 3.11. The summed E-state index contributed by atoms with van der Waals surface area (Å²) in [7, 11) is 0. The molecule has 1 fully saturated rings. The third-order valence-electron chi connectivity index (χ3n) is 5.53. The van der Waals surface area contributed by atoms with Crippen LogP contribution < -0.4 is 10.5 Å². The van der Waals surface area contributed by atoms with Gasteiger partial charge in [0.05, 0.1) is 5.69 Å². The van der Waals surface area contributed by atoms with Gasteiger partial charge in [0.15, 0.2) is 5.82 Å². The third-order valence-corrected chi connectivity index (χ3v) is 5.76. The van der Waals surface area contributed by atoms with Crippen LogP contribution in [0, 0.1) is 13.8 Å². The first kappa shape index (κ1) is 21.1. The summed E-state index contributed by atoms with van der Waals surface area (Å²) in [5.74, 6) is 0.390. The summed E-state index contributed by atoms with van der Waals surface area (Å²) in [5, 5.41) is 9.55. The van der Waals surface area contributed by atoms with Gasteiger partial charge in [0.25, 0.3) is 5.56 Å². The first-order chi connectivity index (χ1) is 14.8. The van der Waals surface area contributed by atoms with Crippen LogP contribution in [-0.2, 0) is 4.79 Å². The van der Waals surface area contributed by atoms with Crippen LogP contribution >= 0.6 is 11.6 Å². The van der Waals surface area contributed by atoms with Crippen LogP contribution in [0.2, 0.25) is 5.02 Å². The smallest absolute Gasteiger partial charge is 0.267 e. The number of carbonyl (C=O) groups excluding carboxylic acids is 1. The Morgan fingerprint density at radius 1 is 1.03 bits per heavy atom. The zero-order valence-electron chi connectivity index (χ0n) is 17.8. The lowest BCUT2D eigenvalue weighted by Gasteiger charge is -2.37. The number of nitrogens with zero attached hydrogens (tertiary/aromatic N) is 6. The van der Waals surface area contributed by atoms with Gasteiger partial charge in [0.1, 0.15) is 6.04 Å².